The number of aromatic hydroxyl groups is 1. The number of methoxy groups -OCH3 is 1. The Labute approximate surface area is 247 Å². The quantitative estimate of drug-likeness (QED) is 0.166. The number of phenolic OH excluding ortho intramolecular Hbond substituents is 1. The largest absolute Gasteiger partial charge is 0.595 e. The molecule has 42 heavy (non-hydrogen) atoms. The van der Waals surface area contributed by atoms with Crippen molar-refractivity contribution in [1.29, 1.82) is 0 Å². The number of halogens is 1. The molecule has 12 nitrogen and oxygen atoms in total. The van der Waals surface area contributed by atoms with Crippen LogP contribution in [0, 0.1) is 5.21 Å². The van der Waals surface area contributed by atoms with Crippen LogP contribution in [0.1, 0.15) is 22.0 Å². The first kappa shape index (κ1) is 29.2. The van der Waals surface area contributed by atoms with Gasteiger partial charge in [-0.15, -0.1) is 0 Å². The Morgan fingerprint density at radius 3 is 2.38 bits per heavy atom. The molecule has 0 spiro atoms. The maximum absolute atomic E-state index is 13.6. The van der Waals surface area contributed by atoms with Crippen LogP contribution >= 0.6 is 22.9 Å². The van der Waals surface area contributed by atoms with E-state index in [2.05, 4.69) is 4.98 Å². The Kier molecular flexibility index (Phi) is 7.76. The molecule has 2 unspecified atom stereocenters. The van der Waals surface area contributed by atoms with Crippen LogP contribution in [0.3, 0.4) is 0 Å². The van der Waals surface area contributed by atoms with E-state index in [4.69, 9.17) is 21.5 Å². The molecule has 0 saturated carbocycles. The summed E-state index contributed by atoms with van der Waals surface area (Å²) >= 11 is 6.57. The molecule has 3 aromatic carbocycles. The molecule has 216 valence electrons. The molecule has 1 aromatic heterocycles. The number of benzene rings is 3. The minimum atomic E-state index is -4.18. The smallest absolute Gasteiger partial charge is 0.296 e. The zero-order valence-electron chi connectivity index (χ0n) is 21.4. The number of aliphatic hydroxyl groups is 1. The number of thiazole rings is 1. The highest BCUT2D eigenvalue weighted by atomic mass is 35.5. The maximum Gasteiger partial charge on any atom is 0.296 e. The number of carbonyl (C=O) groups is 2. The van der Waals surface area contributed by atoms with Crippen LogP contribution in [0.2, 0.25) is 5.02 Å². The molecule has 1 amide bonds. The van der Waals surface area contributed by atoms with Crippen LogP contribution in [0.25, 0.3) is 0 Å². The number of sulfone groups is 1. The number of nitrogens with zero attached hydrogens (tertiary/aromatic N) is 2. The van der Waals surface area contributed by atoms with E-state index in [1.165, 1.54) is 49.6 Å². The maximum atomic E-state index is 13.6. The number of quaternary nitrogens is 1. The average molecular weight is 630 g/mol. The summed E-state index contributed by atoms with van der Waals surface area (Å²) in [7, 11) is -2.87. The fourth-order valence-electron chi connectivity index (χ4n) is 4.35. The Bertz CT molecular complexity index is 1840. The number of ether oxygens (including phenoxy) is 1. The molecule has 15 heteroatoms. The molecule has 0 aliphatic carbocycles. The minimum Gasteiger partial charge on any atom is -0.595 e. The van der Waals surface area contributed by atoms with Crippen molar-refractivity contribution in [1.82, 2.24) is 4.98 Å². The minimum absolute atomic E-state index is 0.0248. The fourth-order valence-corrected chi connectivity index (χ4v) is 7.02. The van der Waals surface area contributed by atoms with E-state index in [-0.39, 0.29) is 48.1 Å². The summed E-state index contributed by atoms with van der Waals surface area (Å²) in [5, 5.41) is 40.4. The van der Waals surface area contributed by atoms with Gasteiger partial charge in [0.15, 0.2) is 33.9 Å². The molecule has 1 aliphatic heterocycles. The van der Waals surface area contributed by atoms with E-state index in [9.17, 15) is 33.4 Å². The van der Waals surface area contributed by atoms with Crippen LogP contribution in [-0.4, -0.2) is 47.6 Å². The fraction of sp³-hybridized carbons (Fsp3) is 0.0741. The molecule has 4 N–H and O–H groups in total. The number of phenols is 1. The standard InChI is InChI=1S/C27H20ClN3O9S2/c1-40-20-12-15(4-11-19(20)32)23-22(24(33)14-2-5-16(28)6-3-14)25(34)26(35)30(23)27-29-13-21(41-27)42(38,39)18-9-7-17(8-10-18)31(36)37/h2-13,23,31-32,34,36H,1H3. The number of amides is 1. The lowest BCUT2D eigenvalue weighted by Gasteiger charge is -2.25. The first-order valence-corrected chi connectivity index (χ1v) is 14.6. The van der Waals surface area contributed by atoms with Crippen molar-refractivity contribution in [2.24, 2.45) is 0 Å². The number of rotatable bonds is 8. The second-order valence-electron chi connectivity index (χ2n) is 8.90. The number of hydrogen-bond donors (Lipinski definition) is 4. The van der Waals surface area contributed by atoms with E-state index in [1.807, 2.05) is 0 Å². The summed E-state index contributed by atoms with van der Waals surface area (Å²) in [5.41, 5.74) is -0.0334. The van der Waals surface area contributed by atoms with Crippen molar-refractivity contribution in [2.45, 2.75) is 15.1 Å². The van der Waals surface area contributed by atoms with Gasteiger partial charge >= 0.3 is 0 Å². The first-order chi connectivity index (χ1) is 19.9. The van der Waals surface area contributed by atoms with Gasteiger partial charge in [0.25, 0.3) is 5.91 Å². The van der Waals surface area contributed by atoms with Gasteiger partial charge in [-0.25, -0.2) is 18.6 Å². The Morgan fingerprint density at radius 2 is 1.76 bits per heavy atom. The highest BCUT2D eigenvalue weighted by molar-refractivity contribution is 7.93. The molecule has 0 fully saturated rings. The summed E-state index contributed by atoms with van der Waals surface area (Å²) in [5.74, 6) is -2.76. The highest BCUT2D eigenvalue weighted by Crippen LogP contribution is 2.45. The second-order valence-corrected chi connectivity index (χ2v) is 12.5. The van der Waals surface area contributed by atoms with Gasteiger partial charge in [-0.05, 0) is 54.1 Å². The van der Waals surface area contributed by atoms with E-state index < -0.39 is 38.6 Å². The molecule has 2 heterocycles. The Balaban J connectivity index is 1.60. The number of ketones is 1. The number of carbonyl (C=O) groups excluding carboxylic acids is 2. The van der Waals surface area contributed by atoms with Crippen LogP contribution in [-0.2, 0) is 14.6 Å². The zero-order chi connectivity index (χ0) is 30.3. The molecule has 0 bridgehead atoms. The topological polar surface area (TPSA) is 182 Å². The van der Waals surface area contributed by atoms with E-state index in [0.717, 1.165) is 35.4 Å². The lowest BCUT2D eigenvalue weighted by molar-refractivity contribution is -0.991. The summed E-state index contributed by atoms with van der Waals surface area (Å²) in [6.07, 6.45) is 1.03. The summed E-state index contributed by atoms with van der Waals surface area (Å²) in [6, 6.07) is 13.2. The van der Waals surface area contributed by atoms with E-state index >= 15 is 0 Å². The molecule has 1 aliphatic rings. The lowest BCUT2D eigenvalue weighted by atomic mass is 9.92. The SMILES string of the molecule is COc1cc(C2C(C(=O)c3ccc(Cl)cc3)=C(O)C(=O)N2c2ncc(S(=O)(=O)c3ccc([NH+]([O-])O)cc3)s2)ccc1O. The summed E-state index contributed by atoms with van der Waals surface area (Å²) in [6.45, 7) is 0. The third-order valence-electron chi connectivity index (χ3n) is 6.43. The van der Waals surface area contributed by atoms with Gasteiger partial charge in [-0.1, -0.05) is 29.0 Å². The van der Waals surface area contributed by atoms with Crippen LogP contribution < -0.4 is 14.9 Å². The normalized spacial score (nSPS) is 16.1. The van der Waals surface area contributed by atoms with Crippen molar-refractivity contribution >= 4 is 55.3 Å². The molecule has 0 saturated heterocycles. The van der Waals surface area contributed by atoms with Crippen molar-refractivity contribution in [3.05, 3.63) is 106 Å². The van der Waals surface area contributed by atoms with Crippen molar-refractivity contribution in [2.75, 3.05) is 12.0 Å². The number of nitrogens with one attached hydrogen (secondary N) is 1. The zero-order valence-corrected chi connectivity index (χ0v) is 23.8. The third-order valence-corrected chi connectivity index (χ3v) is 9.91. The van der Waals surface area contributed by atoms with Gasteiger partial charge < -0.3 is 20.2 Å². The van der Waals surface area contributed by atoms with Crippen LogP contribution in [0.5, 0.6) is 11.5 Å². The molecular weight excluding hydrogens is 610 g/mol. The van der Waals surface area contributed by atoms with Crippen molar-refractivity contribution in [3.8, 4) is 11.5 Å². The molecular formula is C27H20ClN3O9S2. The number of anilines is 1. The summed E-state index contributed by atoms with van der Waals surface area (Å²) in [4.78, 5) is 32.0. The van der Waals surface area contributed by atoms with E-state index in [1.54, 1.807) is 0 Å². The van der Waals surface area contributed by atoms with Gasteiger partial charge in [0.05, 0.1) is 29.8 Å². The lowest BCUT2D eigenvalue weighted by Crippen LogP contribution is -2.99. The molecule has 0 radical (unpaired) electrons. The van der Waals surface area contributed by atoms with Crippen molar-refractivity contribution in [3.63, 3.8) is 0 Å². The molecule has 5 rings (SSSR count). The van der Waals surface area contributed by atoms with Gasteiger partial charge in [0.1, 0.15) is 4.21 Å². The van der Waals surface area contributed by atoms with Crippen molar-refractivity contribution < 1.29 is 43.4 Å². The van der Waals surface area contributed by atoms with Gasteiger partial charge in [-0.2, -0.15) is 5.23 Å². The Hall–Kier alpha value is -4.31. The van der Waals surface area contributed by atoms with Crippen LogP contribution in [0.15, 0.2) is 93.4 Å². The van der Waals surface area contributed by atoms with Gasteiger partial charge in [0, 0.05) is 22.7 Å². The highest BCUT2D eigenvalue weighted by Gasteiger charge is 2.46. The Morgan fingerprint density at radius 1 is 1.10 bits per heavy atom. The molecule has 2 atom stereocenters. The predicted molar refractivity (Wildman–Crippen MR) is 150 cm³/mol. The third kappa shape index (κ3) is 5.11. The molecule has 4 aromatic rings. The number of Topliss-reactive ketones (excluding diaryl/α,β-unsaturated/α-hetero) is 1. The summed E-state index contributed by atoms with van der Waals surface area (Å²) < 4.78 is 31.5. The first-order valence-electron chi connectivity index (χ1n) is 11.9. The monoisotopic (exact) mass is 629 g/mol. The number of hydrogen-bond acceptors (Lipinski definition) is 11. The number of aromatic nitrogens is 1. The predicted octanol–water partition coefficient (Wildman–Crippen LogP) is 3.53. The van der Waals surface area contributed by atoms with E-state index in [0.29, 0.717) is 16.4 Å². The van der Waals surface area contributed by atoms with Gasteiger partial charge in [0.2, 0.25) is 9.84 Å². The van der Waals surface area contributed by atoms with Crippen LogP contribution in [0.4, 0.5) is 10.8 Å². The second kappa shape index (κ2) is 11.2. The van der Waals surface area contributed by atoms with Gasteiger partial charge in [-0.3, -0.25) is 14.5 Å². The average Bonchev–Trinajstić information content (AvgIpc) is 3.57. The number of aliphatic hydroxyl groups excluding tert-OH is 1.